The fourth-order valence-corrected chi connectivity index (χ4v) is 2.54. The van der Waals surface area contributed by atoms with E-state index >= 15 is 0 Å². The van der Waals surface area contributed by atoms with Crippen molar-refractivity contribution in [1.29, 1.82) is 0 Å². The second-order valence-electron chi connectivity index (χ2n) is 4.14. The zero-order valence-corrected chi connectivity index (χ0v) is 13.4. The van der Waals surface area contributed by atoms with E-state index in [0.717, 1.165) is 21.5 Å². The maximum absolute atomic E-state index is 5.92. The molecule has 0 atom stereocenters. The summed E-state index contributed by atoms with van der Waals surface area (Å²) in [7, 11) is 0. The Morgan fingerprint density at radius 3 is 2.25 bits per heavy atom. The van der Waals surface area contributed by atoms with Crippen LogP contribution in [0, 0.1) is 0 Å². The van der Waals surface area contributed by atoms with Crippen LogP contribution in [0.2, 0.25) is 5.02 Å². The van der Waals surface area contributed by atoms with Crippen molar-refractivity contribution in [3.8, 4) is 17.1 Å². The molecule has 1 heterocycles. The van der Waals surface area contributed by atoms with Gasteiger partial charge in [-0.15, -0.1) is 22.8 Å². The second kappa shape index (κ2) is 5.60. The molecule has 3 rings (SSSR count). The molecule has 3 aromatic rings. The molecule has 1 aromatic heterocycles. The number of halogens is 2. The summed E-state index contributed by atoms with van der Waals surface area (Å²) in [5.41, 5.74) is 1.89. The van der Waals surface area contributed by atoms with E-state index in [4.69, 9.17) is 11.6 Å². The van der Waals surface area contributed by atoms with Crippen molar-refractivity contribution < 1.29 is 0 Å². The maximum Gasteiger partial charge on any atom is 0.193 e. The highest BCUT2D eigenvalue weighted by Gasteiger charge is 2.13. The largest absolute Gasteiger partial charge is 0.270 e. The van der Waals surface area contributed by atoms with Gasteiger partial charge in [-0.1, -0.05) is 27.5 Å². The van der Waals surface area contributed by atoms with Crippen molar-refractivity contribution in [2.45, 2.75) is 5.16 Å². The average molecular weight is 367 g/mol. The van der Waals surface area contributed by atoms with Crippen LogP contribution in [0.25, 0.3) is 17.1 Å². The highest BCUT2D eigenvalue weighted by molar-refractivity contribution is 9.10. The summed E-state index contributed by atoms with van der Waals surface area (Å²) < 4.78 is 2.90. The van der Waals surface area contributed by atoms with Gasteiger partial charge in [-0.05, 0) is 48.5 Å². The Kier molecular flexibility index (Phi) is 3.83. The number of nitrogens with zero attached hydrogens (tertiary/aromatic N) is 3. The zero-order chi connectivity index (χ0) is 14.1. The molecule has 0 unspecified atom stereocenters. The van der Waals surface area contributed by atoms with Crippen LogP contribution in [-0.2, 0) is 0 Å². The molecule has 0 saturated heterocycles. The van der Waals surface area contributed by atoms with Gasteiger partial charge in [0, 0.05) is 20.7 Å². The normalized spacial score (nSPS) is 10.8. The predicted octanol–water partition coefficient (Wildman–Crippen LogP) is 4.64. The zero-order valence-electron chi connectivity index (χ0n) is 10.2. The lowest BCUT2D eigenvalue weighted by Gasteiger charge is -2.08. The van der Waals surface area contributed by atoms with Gasteiger partial charge in [0.25, 0.3) is 0 Å². The van der Waals surface area contributed by atoms with Crippen LogP contribution in [0.1, 0.15) is 0 Å². The Labute approximate surface area is 135 Å². The molecule has 6 heteroatoms. The van der Waals surface area contributed by atoms with Gasteiger partial charge < -0.3 is 0 Å². The van der Waals surface area contributed by atoms with E-state index < -0.39 is 0 Å². The molecule has 0 aliphatic heterocycles. The lowest BCUT2D eigenvalue weighted by atomic mass is 10.2. The summed E-state index contributed by atoms with van der Waals surface area (Å²) in [4.78, 5) is 0. The van der Waals surface area contributed by atoms with Gasteiger partial charge in [-0.25, -0.2) is 0 Å². The number of thiol groups is 1. The lowest BCUT2D eigenvalue weighted by Crippen LogP contribution is -1.98. The Morgan fingerprint density at radius 2 is 1.60 bits per heavy atom. The Hall–Kier alpha value is -1.30. The summed E-state index contributed by atoms with van der Waals surface area (Å²) in [6.45, 7) is 0. The molecule has 20 heavy (non-hydrogen) atoms. The predicted molar refractivity (Wildman–Crippen MR) is 86.8 cm³/mol. The summed E-state index contributed by atoms with van der Waals surface area (Å²) in [6.07, 6.45) is 0. The van der Waals surface area contributed by atoms with Crippen molar-refractivity contribution in [3.63, 3.8) is 0 Å². The fourth-order valence-electron chi connectivity index (χ4n) is 1.89. The van der Waals surface area contributed by atoms with Crippen LogP contribution in [0.5, 0.6) is 0 Å². The number of rotatable bonds is 2. The standard InChI is InChI=1S/C14H9BrClN3S/c15-10-3-7-12(8-4-10)19-13(17-18-14(19)20)9-1-5-11(16)6-2-9/h1-8H,(H,18,20). The van der Waals surface area contributed by atoms with Crippen molar-refractivity contribution in [3.05, 3.63) is 58.0 Å². The third kappa shape index (κ3) is 2.61. The van der Waals surface area contributed by atoms with E-state index in [2.05, 4.69) is 38.8 Å². The molecule has 0 aliphatic rings. The molecular formula is C14H9BrClN3S. The highest BCUT2D eigenvalue weighted by Crippen LogP contribution is 2.26. The molecule has 100 valence electrons. The first kappa shape index (κ1) is 13.7. The van der Waals surface area contributed by atoms with Crippen molar-refractivity contribution in [2.75, 3.05) is 0 Å². The third-order valence-corrected chi connectivity index (χ3v) is 3.90. The van der Waals surface area contributed by atoms with Gasteiger partial charge in [-0.3, -0.25) is 4.57 Å². The van der Waals surface area contributed by atoms with Crippen LogP contribution in [0.4, 0.5) is 0 Å². The van der Waals surface area contributed by atoms with Gasteiger partial charge in [0.1, 0.15) is 0 Å². The van der Waals surface area contributed by atoms with E-state index in [1.54, 1.807) is 0 Å². The molecule has 0 amide bonds. The molecule has 0 radical (unpaired) electrons. The molecule has 0 bridgehead atoms. The third-order valence-electron chi connectivity index (χ3n) is 2.83. The molecular weight excluding hydrogens is 358 g/mol. The Balaban J connectivity index is 2.14. The van der Waals surface area contributed by atoms with Crippen LogP contribution in [0.3, 0.4) is 0 Å². The average Bonchev–Trinajstić information content (AvgIpc) is 2.83. The summed E-state index contributed by atoms with van der Waals surface area (Å²) in [5, 5.41) is 9.47. The monoisotopic (exact) mass is 365 g/mol. The van der Waals surface area contributed by atoms with Crippen molar-refractivity contribution in [1.82, 2.24) is 14.8 Å². The quantitative estimate of drug-likeness (QED) is 0.670. The number of hydrogen-bond donors (Lipinski definition) is 1. The molecule has 0 spiro atoms. The highest BCUT2D eigenvalue weighted by atomic mass is 79.9. The van der Waals surface area contributed by atoms with Crippen LogP contribution in [-0.4, -0.2) is 14.8 Å². The van der Waals surface area contributed by atoms with Gasteiger partial charge in [0.05, 0.1) is 0 Å². The van der Waals surface area contributed by atoms with Gasteiger partial charge in [0.15, 0.2) is 11.0 Å². The van der Waals surface area contributed by atoms with Crippen molar-refractivity contribution >= 4 is 40.2 Å². The maximum atomic E-state index is 5.92. The Bertz CT molecular complexity index is 738. The Morgan fingerprint density at radius 1 is 0.950 bits per heavy atom. The summed E-state index contributed by atoms with van der Waals surface area (Å²) in [5.74, 6) is 0.731. The fraction of sp³-hybridized carbons (Fsp3) is 0. The summed E-state index contributed by atoms with van der Waals surface area (Å²) in [6, 6.07) is 15.4. The minimum atomic E-state index is 0.539. The lowest BCUT2D eigenvalue weighted by molar-refractivity contribution is 0.892. The van der Waals surface area contributed by atoms with Crippen LogP contribution >= 0.6 is 40.2 Å². The van der Waals surface area contributed by atoms with Gasteiger partial charge >= 0.3 is 0 Å². The van der Waals surface area contributed by atoms with E-state index in [0.29, 0.717) is 10.2 Å². The molecule has 0 N–H and O–H groups in total. The number of benzene rings is 2. The van der Waals surface area contributed by atoms with Gasteiger partial charge in [-0.2, -0.15) is 0 Å². The van der Waals surface area contributed by atoms with E-state index in [-0.39, 0.29) is 0 Å². The molecule has 2 aromatic carbocycles. The first-order valence-electron chi connectivity index (χ1n) is 5.81. The topological polar surface area (TPSA) is 30.7 Å². The minimum Gasteiger partial charge on any atom is -0.270 e. The molecule has 3 nitrogen and oxygen atoms in total. The van der Waals surface area contributed by atoms with Gasteiger partial charge in [0.2, 0.25) is 0 Å². The second-order valence-corrected chi connectivity index (χ2v) is 5.89. The first-order valence-corrected chi connectivity index (χ1v) is 7.43. The van der Waals surface area contributed by atoms with Crippen LogP contribution < -0.4 is 0 Å². The number of aromatic nitrogens is 3. The smallest absolute Gasteiger partial charge is 0.193 e. The van der Waals surface area contributed by atoms with E-state index in [1.807, 2.05) is 53.1 Å². The van der Waals surface area contributed by atoms with Crippen molar-refractivity contribution in [2.24, 2.45) is 0 Å². The first-order chi connectivity index (χ1) is 9.65. The summed E-state index contributed by atoms with van der Waals surface area (Å²) >= 11 is 13.7. The van der Waals surface area contributed by atoms with E-state index in [1.165, 1.54) is 0 Å². The molecule has 0 saturated carbocycles. The van der Waals surface area contributed by atoms with E-state index in [9.17, 15) is 0 Å². The molecule has 0 aliphatic carbocycles. The minimum absolute atomic E-state index is 0.539. The SMILES string of the molecule is Sc1nnc(-c2ccc(Cl)cc2)n1-c1ccc(Br)cc1. The number of hydrogen-bond acceptors (Lipinski definition) is 3. The van der Waals surface area contributed by atoms with Crippen LogP contribution in [0.15, 0.2) is 58.2 Å². The molecule has 0 fully saturated rings.